The van der Waals surface area contributed by atoms with E-state index in [0.29, 0.717) is 34.4 Å². The number of methoxy groups -OCH3 is 1. The molecule has 2 heterocycles. The number of hydrogen-bond donors (Lipinski definition) is 1. The molecule has 0 spiro atoms. The van der Waals surface area contributed by atoms with Crippen molar-refractivity contribution in [2.75, 3.05) is 23.9 Å². The van der Waals surface area contributed by atoms with E-state index in [9.17, 15) is 9.59 Å². The molecule has 1 aromatic heterocycles. The van der Waals surface area contributed by atoms with Crippen LogP contribution in [0.1, 0.15) is 12.0 Å². The fraction of sp³-hybridized carbons (Fsp3) is 0.185. The van der Waals surface area contributed by atoms with Gasteiger partial charge in [0.2, 0.25) is 17.6 Å². The van der Waals surface area contributed by atoms with E-state index in [1.54, 1.807) is 24.1 Å². The van der Waals surface area contributed by atoms with Gasteiger partial charge in [-0.05, 0) is 37.3 Å². The molecule has 0 aliphatic carbocycles. The second-order valence-electron chi connectivity index (χ2n) is 8.40. The normalized spacial score (nSPS) is 15.3. The van der Waals surface area contributed by atoms with Crippen LogP contribution in [0.4, 0.5) is 11.4 Å². The van der Waals surface area contributed by atoms with Crippen LogP contribution >= 0.6 is 0 Å². The molecule has 8 nitrogen and oxygen atoms in total. The van der Waals surface area contributed by atoms with Crippen LogP contribution < -0.4 is 15.0 Å². The Labute approximate surface area is 202 Å². The van der Waals surface area contributed by atoms with E-state index >= 15 is 0 Å². The molecule has 176 valence electrons. The van der Waals surface area contributed by atoms with Crippen LogP contribution in [0.15, 0.2) is 77.3 Å². The highest BCUT2D eigenvalue weighted by molar-refractivity contribution is 6.05. The Morgan fingerprint density at radius 1 is 1.09 bits per heavy atom. The summed E-state index contributed by atoms with van der Waals surface area (Å²) < 4.78 is 10.9. The minimum absolute atomic E-state index is 0.115. The van der Waals surface area contributed by atoms with Gasteiger partial charge in [0.25, 0.3) is 5.89 Å². The van der Waals surface area contributed by atoms with Gasteiger partial charge in [-0.3, -0.25) is 9.59 Å². The molecular weight excluding hydrogens is 444 g/mol. The van der Waals surface area contributed by atoms with Gasteiger partial charge in [0.1, 0.15) is 5.75 Å². The van der Waals surface area contributed by atoms with E-state index in [-0.39, 0.29) is 24.8 Å². The molecule has 1 atom stereocenters. The second kappa shape index (κ2) is 9.42. The lowest BCUT2D eigenvalue weighted by Gasteiger charge is -2.19. The summed E-state index contributed by atoms with van der Waals surface area (Å²) in [5.41, 5.74) is 3.75. The quantitative estimate of drug-likeness (QED) is 0.440. The molecule has 2 amide bonds. The molecule has 1 saturated heterocycles. The van der Waals surface area contributed by atoms with Gasteiger partial charge in [0.05, 0.1) is 30.0 Å². The highest BCUT2D eigenvalue weighted by Crippen LogP contribution is 2.34. The number of hydrogen-bond acceptors (Lipinski definition) is 6. The lowest BCUT2D eigenvalue weighted by Crippen LogP contribution is -2.28. The Balaban J connectivity index is 1.35. The third-order valence-corrected chi connectivity index (χ3v) is 5.99. The number of para-hydroxylation sites is 3. The molecular formula is C27H24N4O4. The van der Waals surface area contributed by atoms with Crippen molar-refractivity contribution in [2.45, 2.75) is 13.3 Å². The molecule has 1 unspecified atom stereocenters. The summed E-state index contributed by atoms with van der Waals surface area (Å²) in [5.74, 6) is 0.484. The first-order chi connectivity index (χ1) is 17.0. The predicted molar refractivity (Wildman–Crippen MR) is 132 cm³/mol. The SMILES string of the molecule is COc1ccccc1N1CC(C(=O)Nc2ccccc2-c2nc(-c3cccc(C)c3)no2)CC1=O. The number of anilines is 2. The molecule has 3 aromatic carbocycles. The Hall–Kier alpha value is -4.46. The smallest absolute Gasteiger partial charge is 0.260 e. The number of aryl methyl sites for hydroxylation is 1. The van der Waals surface area contributed by atoms with E-state index in [2.05, 4.69) is 15.5 Å². The van der Waals surface area contributed by atoms with Crippen LogP contribution in [-0.4, -0.2) is 35.6 Å². The molecule has 0 saturated carbocycles. The zero-order chi connectivity index (χ0) is 24.4. The Morgan fingerprint density at radius 2 is 1.89 bits per heavy atom. The molecule has 0 radical (unpaired) electrons. The van der Waals surface area contributed by atoms with E-state index < -0.39 is 5.92 Å². The number of carbonyl (C=O) groups is 2. The summed E-state index contributed by atoms with van der Waals surface area (Å²) in [6.45, 7) is 2.27. The van der Waals surface area contributed by atoms with E-state index in [0.717, 1.165) is 11.1 Å². The molecule has 35 heavy (non-hydrogen) atoms. The first kappa shape index (κ1) is 22.3. The maximum Gasteiger partial charge on any atom is 0.260 e. The summed E-state index contributed by atoms with van der Waals surface area (Å²) in [7, 11) is 1.56. The Kier molecular flexibility index (Phi) is 6.01. The zero-order valence-corrected chi connectivity index (χ0v) is 19.4. The number of ether oxygens (including phenoxy) is 1. The first-order valence-electron chi connectivity index (χ1n) is 11.3. The van der Waals surface area contributed by atoms with Crippen LogP contribution in [-0.2, 0) is 9.59 Å². The predicted octanol–water partition coefficient (Wildman–Crippen LogP) is 4.71. The molecule has 1 aliphatic heterocycles. The summed E-state index contributed by atoms with van der Waals surface area (Å²) >= 11 is 0. The number of rotatable bonds is 6. The van der Waals surface area contributed by atoms with Crippen molar-refractivity contribution in [3.63, 3.8) is 0 Å². The van der Waals surface area contributed by atoms with Gasteiger partial charge in [0, 0.05) is 18.5 Å². The van der Waals surface area contributed by atoms with Crippen LogP contribution in [0.3, 0.4) is 0 Å². The molecule has 1 fully saturated rings. The lowest BCUT2D eigenvalue weighted by molar-refractivity contribution is -0.122. The average molecular weight is 469 g/mol. The zero-order valence-electron chi connectivity index (χ0n) is 19.4. The third kappa shape index (κ3) is 4.50. The maximum atomic E-state index is 13.2. The van der Waals surface area contributed by atoms with Gasteiger partial charge >= 0.3 is 0 Å². The van der Waals surface area contributed by atoms with Gasteiger partial charge in [0.15, 0.2) is 0 Å². The molecule has 4 aromatic rings. The second-order valence-corrected chi connectivity index (χ2v) is 8.40. The minimum atomic E-state index is -0.508. The van der Waals surface area contributed by atoms with Gasteiger partial charge in [-0.15, -0.1) is 0 Å². The monoisotopic (exact) mass is 468 g/mol. The molecule has 8 heteroatoms. The number of nitrogens with one attached hydrogen (secondary N) is 1. The van der Waals surface area contributed by atoms with E-state index in [4.69, 9.17) is 9.26 Å². The van der Waals surface area contributed by atoms with Crippen molar-refractivity contribution < 1.29 is 18.8 Å². The average Bonchev–Trinajstić information content (AvgIpc) is 3.52. The van der Waals surface area contributed by atoms with E-state index in [1.165, 1.54) is 0 Å². The van der Waals surface area contributed by atoms with Crippen molar-refractivity contribution in [1.29, 1.82) is 0 Å². The van der Waals surface area contributed by atoms with Crippen molar-refractivity contribution >= 4 is 23.2 Å². The van der Waals surface area contributed by atoms with Crippen LogP contribution in [0.2, 0.25) is 0 Å². The van der Waals surface area contributed by atoms with Crippen molar-refractivity contribution in [2.24, 2.45) is 5.92 Å². The Bertz CT molecular complexity index is 1400. The summed E-state index contributed by atoms with van der Waals surface area (Å²) in [6.07, 6.45) is 0.115. The van der Waals surface area contributed by atoms with Crippen molar-refractivity contribution in [3.8, 4) is 28.6 Å². The third-order valence-electron chi connectivity index (χ3n) is 5.99. The topological polar surface area (TPSA) is 97.6 Å². The minimum Gasteiger partial charge on any atom is -0.495 e. The number of nitrogens with zero attached hydrogens (tertiary/aromatic N) is 3. The molecule has 1 N–H and O–H groups in total. The van der Waals surface area contributed by atoms with Crippen LogP contribution in [0, 0.1) is 12.8 Å². The summed E-state index contributed by atoms with van der Waals surface area (Å²) in [4.78, 5) is 32.0. The highest BCUT2D eigenvalue weighted by atomic mass is 16.5. The molecule has 5 rings (SSSR count). The first-order valence-corrected chi connectivity index (χ1v) is 11.3. The number of amides is 2. The Morgan fingerprint density at radius 3 is 2.71 bits per heavy atom. The van der Waals surface area contributed by atoms with Gasteiger partial charge in [-0.25, -0.2) is 0 Å². The van der Waals surface area contributed by atoms with Gasteiger partial charge < -0.3 is 19.5 Å². The fourth-order valence-electron chi connectivity index (χ4n) is 4.22. The largest absolute Gasteiger partial charge is 0.495 e. The van der Waals surface area contributed by atoms with Crippen LogP contribution in [0.25, 0.3) is 22.8 Å². The van der Waals surface area contributed by atoms with Crippen LogP contribution in [0.5, 0.6) is 5.75 Å². The lowest BCUT2D eigenvalue weighted by atomic mass is 10.1. The van der Waals surface area contributed by atoms with E-state index in [1.807, 2.05) is 67.6 Å². The van der Waals surface area contributed by atoms with Gasteiger partial charge in [-0.2, -0.15) is 4.98 Å². The highest BCUT2D eigenvalue weighted by Gasteiger charge is 2.36. The summed E-state index contributed by atoms with van der Waals surface area (Å²) in [6, 6.07) is 22.4. The van der Waals surface area contributed by atoms with Gasteiger partial charge in [-0.1, -0.05) is 53.2 Å². The number of carbonyl (C=O) groups excluding carboxylic acids is 2. The summed E-state index contributed by atoms with van der Waals surface area (Å²) in [5, 5.41) is 7.06. The van der Waals surface area contributed by atoms with Crippen molar-refractivity contribution in [3.05, 3.63) is 78.4 Å². The molecule has 0 bridgehead atoms. The number of aromatic nitrogens is 2. The fourth-order valence-corrected chi connectivity index (χ4v) is 4.22. The molecule has 1 aliphatic rings. The number of benzene rings is 3. The standard InChI is InChI=1S/C27H24N4O4/c1-17-8-7-9-18(14-17)25-29-27(35-30-25)20-10-3-4-11-21(20)28-26(33)19-15-24(32)31(16-19)22-12-5-6-13-23(22)34-2/h3-14,19H,15-16H2,1-2H3,(H,28,33). The maximum absolute atomic E-state index is 13.2. The van der Waals surface area contributed by atoms with Crippen molar-refractivity contribution in [1.82, 2.24) is 10.1 Å².